The monoisotopic (exact) mass is 332 g/mol. The smallest absolute Gasteiger partial charge is 0.338 e. The molecule has 0 saturated carbocycles. The van der Waals surface area contributed by atoms with Crippen LogP contribution in [0.4, 0.5) is 4.79 Å². The Kier molecular flexibility index (Phi) is 5.57. The van der Waals surface area contributed by atoms with Gasteiger partial charge in [-0.05, 0) is 32.9 Å². The zero-order valence-electron chi connectivity index (χ0n) is 13.8. The lowest BCUT2D eigenvalue weighted by atomic mass is 10.0. The number of esters is 2. The molecule has 0 aliphatic carbocycles. The number of nitrogens with one attached hydrogen (secondary N) is 2. The van der Waals surface area contributed by atoms with Crippen LogP contribution >= 0.6 is 0 Å². The van der Waals surface area contributed by atoms with Crippen LogP contribution in [0.5, 0.6) is 0 Å². The van der Waals surface area contributed by atoms with Gasteiger partial charge in [0.1, 0.15) is 6.61 Å². The number of amides is 2. The van der Waals surface area contributed by atoms with E-state index >= 15 is 0 Å². The molecule has 1 aromatic rings. The first-order chi connectivity index (χ1) is 11.4. The second kappa shape index (κ2) is 7.63. The van der Waals surface area contributed by atoms with Crippen LogP contribution < -0.4 is 10.6 Å². The Balaban J connectivity index is 2.15. The topological polar surface area (TPSA) is 93.7 Å². The van der Waals surface area contributed by atoms with Crippen LogP contribution in [-0.2, 0) is 14.3 Å². The Morgan fingerprint density at radius 3 is 2.42 bits per heavy atom. The van der Waals surface area contributed by atoms with Gasteiger partial charge in [-0.1, -0.05) is 17.7 Å². The molecule has 1 heterocycles. The van der Waals surface area contributed by atoms with Crippen LogP contribution in [0.1, 0.15) is 29.8 Å². The van der Waals surface area contributed by atoms with E-state index in [1.807, 2.05) is 6.92 Å². The number of hydrogen-bond donors (Lipinski definition) is 2. The van der Waals surface area contributed by atoms with Gasteiger partial charge in [0.15, 0.2) is 0 Å². The molecule has 1 aliphatic heterocycles. The highest BCUT2D eigenvalue weighted by Gasteiger charge is 2.30. The number of hydrogen-bond acceptors (Lipinski definition) is 5. The van der Waals surface area contributed by atoms with Crippen molar-refractivity contribution in [3.63, 3.8) is 0 Å². The van der Waals surface area contributed by atoms with Gasteiger partial charge in [0, 0.05) is 0 Å². The second-order valence-corrected chi connectivity index (χ2v) is 5.38. The number of aryl methyl sites for hydroxylation is 1. The number of ether oxygens (including phenoxy) is 2. The summed E-state index contributed by atoms with van der Waals surface area (Å²) in [6.07, 6.45) is 0. The van der Waals surface area contributed by atoms with Gasteiger partial charge in [-0.3, -0.25) is 0 Å². The number of carbonyl (C=O) groups excluding carboxylic acids is 3. The first-order valence-corrected chi connectivity index (χ1v) is 7.63. The van der Waals surface area contributed by atoms with Gasteiger partial charge in [-0.25, -0.2) is 14.4 Å². The third-order valence-electron chi connectivity index (χ3n) is 3.50. The van der Waals surface area contributed by atoms with E-state index in [0.717, 1.165) is 5.56 Å². The molecule has 2 amide bonds. The van der Waals surface area contributed by atoms with Gasteiger partial charge in [0.05, 0.1) is 29.5 Å². The Morgan fingerprint density at radius 1 is 1.12 bits per heavy atom. The van der Waals surface area contributed by atoms with Crippen molar-refractivity contribution in [2.24, 2.45) is 0 Å². The molecule has 128 valence electrons. The first kappa shape index (κ1) is 17.5. The molecule has 1 aromatic carbocycles. The molecule has 0 saturated heterocycles. The van der Waals surface area contributed by atoms with Gasteiger partial charge >= 0.3 is 18.0 Å². The highest BCUT2D eigenvalue weighted by molar-refractivity contribution is 5.95. The van der Waals surface area contributed by atoms with Crippen LogP contribution in [0, 0.1) is 6.92 Å². The molecule has 7 heteroatoms. The predicted molar refractivity (Wildman–Crippen MR) is 86.2 cm³/mol. The zero-order valence-corrected chi connectivity index (χ0v) is 13.8. The quantitative estimate of drug-likeness (QED) is 0.800. The van der Waals surface area contributed by atoms with E-state index in [-0.39, 0.29) is 24.5 Å². The normalized spacial score (nSPS) is 17.0. The summed E-state index contributed by atoms with van der Waals surface area (Å²) >= 11 is 0. The van der Waals surface area contributed by atoms with Gasteiger partial charge in [-0.2, -0.15) is 0 Å². The maximum Gasteiger partial charge on any atom is 0.338 e. The first-order valence-electron chi connectivity index (χ1n) is 7.63. The predicted octanol–water partition coefficient (Wildman–Crippen LogP) is 1.67. The fourth-order valence-electron chi connectivity index (χ4n) is 2.30. The molecule has 2 N–H and O–H groups in total. The SMILES string of the molecule is CCOC(=O)C1=C(COC(=O)c2ccc(C)cc2)NC(=O)NC1C. The van der Waals surface area contributed by atoms with Crippen molar-refractivity contribution < 1.29 is 23.9 Å². The minimum Gasteiger partial charge on any atom is -0.463 e. The molecule has 0 radical (unpaired) electrons. The summed E-state index contributed by atoms with van der Waals surface area (Å²) in [4.78, 5) is 35.8. The Morgan fingerprint density at radius 2 is 1.79 bits per heavy atom. The van der Waals surface area contributed by atoms with Gasteiger partial charge < -0.3 is 20.1 Å². The lowest BCUT2D eigenvalue weighted by Gasteiger charge is -2.26. The zero-order chi connectivity index (χ0) is 17.7. The molecule has 0 spiro atoms. The van der Waals surface area contributed by atoms with Gasteiger partial charge in [-0.15, -0.1) is 0 Å². The molecule has 0 aromatic heterocycles. The highest BCUT2D eigenvalue weighted by atomic mass is 16.5. The highest BCUT2D eigenvalue weighted by Crippen LogP contribution is 2.15. The van der Waals surface area contributed by atoms with Gasteiger partial charge in [0.2, 0.25) is 0 Å². The molecule has 24 heavy (non-hydrogen) atoms. The average Bonchev–Trinajstić information content (AvgIpc) is 2.52. The summed E-state index contributed by atoms with van der Waals surface area (Å²) in [5.41, 5.74) is 1.89. The molecule has 0 bridgehead atoms. The number of benzene rings is 1. The lowest BCUT2D eigenvalue weighted by Crippen LogP contribution is -2.50. The Labute approximate surface area is 140 Å². The molecule has 1 unspecified atom stereocenters. The van der Waals surface area contributed by atoms with Crippen LogP contribution in [0.3, 0.4) is 0 Å². The Hall–Kier alpha value is -2.83. The molecule has 7 nitrogen and oxygen atoms in total. The second-order valence-electron chi connectivity index (χ2n) is 5.38. The van der Waals surface area contributed by atoms with Crippen molar-refractivity contribution in [3.8, 4) is 0 Å². The molecule has 1 aliphatic rings. The summed E-state index contributed by atoms with van der Waals surface area (Å²) in [5.74, 6) is -1.09. The summed E-state index contributed by atoms with van der Waals surface area (Å²) in [7, 11) is 0. The van der Waals surface area contributed by atoms with Crippen molar-refractivity contribution in [3.05, 3.63) is 46.7 Å². The minimum atomic E-state index is -0.557. The largest absolute Gasteiger partial charge is 0.463 e. The molecule has 0 fully saturated rings. The van der Waals surface area contributed by atoms with E-state index in [9.17, 15) is 14.4 Å². The maximum atomic E-state index is 12.1. The van der Waals surface area contributed by atoms with E-state index in [0.29, 0.717) is 5.56 Å². The fraction of sp³-hybridized carbons (Fsp3) is 0.353. The third kappa shape index (κ3) is 4.13. The molecular weight excluding hydrogens is 312 g/mol. The van der Waals surface area contributed by atoms with Crippen molar-refractivity contribution in [1.29, 1.82) is 0 Å². The van der Waals surface area contributed by atoms with E-state index in [1.54, 1.807) is 38.1 Å². The van der Waals surface area contributed by atoms with Crippen molar-refractivity contribution >= 4 is 18.0 Å². The van der Waals surface area contributed by atoms with Gasteiger partial charge in [0.25, 0.3) is 0 Å². The van der Waals surface area contributed by atoms with Crippen LogP contribution in [0.25, 0.3) is 0 Å². The average molecular weight is 332 g/mol. The third-order valence-corrected chi connectivity index (χ3v) is 3.50. The molecule has 1 atom stereocenters. The van der Waals surface area contributed by atoms with Crippen molar-refractivity contribution in [2.45, 2.75) is 26.8 Å². The minimum absolute atomic E-state index is 0.208. The number of rotatable bonds is 5. The van der Waals surface area contributed by atoms with Crippen molar-refractivity contribution in [1.82, 2.24) is 10.6 Å². The standard InChI is InChI=1S/C17H20N2O5/c1-4-23-16(21)14-11(3)18-17(22)19-13(14)9-24-15(20)12-7-5-10(2)6-8-12/h5-8,11H,4,9H2,1-3H3,(H2,18,19,22). The van der Waals surface area contributed by atoms with Crippen molar-refractivity contribution in [2.75, 3.05) is 13.2 Å². The molecule has 2 rings (SSSR count). The fourth-order valence-corrected chi connectivity index (χ4v) is 2.30. The summed E-state index contributed by atoms with van der Waals surface area (Å²) in [5, 5.41) is 5.08. The van der Waals surface area contributed by atoms with E-state index in [1.165, 1.54) is 0 Å². The summed E-state index contributed by atoms with van der Waals surface area (Å²) in [6, 6.07) is 5.91. The Bertz CT molecular complexity index is 679. The lowest BCUT2D eigenvalue weighted by molar-refractivity contribution is -0.139. The van der Waals surface area contributed by atoms with E-state index < -0.39 is 24.0 Å². The van der Waals surface area contributed by atoms with Crippen LogP contribution in [-0.4, -0.2) is 37.2 Å². The van der Waals surface area contributed by atoms with E-state index in [2.05, 4.69) is 10.6 Å². The summed E-state index contributed by atoms with van der Waals surface area (Å²) < 4.78 is 10.2. The van der Waals surface area contributed by atoms with Crippen LogP contribution in [0.2, 0.25) is 0 Å². The molecular formula is C17H20N2O5. The number of urea groups is 1. The number of carbonyl (C=O) groups is 3. The van der Waals surface area contributed by atoms with E-state index in [4.69, 9.17) is 9.47 Å². The van der Waals surface area contributed by atoms with Crippen LogP contribution in [0.15, 0.2) is 35.5 Å². The summed E-state index contributed by atoms with van der Waals surface area (Å²) in [6.45, 7) is 5.25. The maximum absolute atomic E-state index is 12.1.